The molecule has 0 amide bonds. The zero-order valence-corrected chi connectivity index (χ0v) is 15.6. The molecule has 1 atom stereocenters. The average molecular weight is 343 g/mol. The molecule has 2 rings (SSSR count). The maximum atomic E-state index is 12.9. The van der Waals surface area contributed by atoms with Gasteiger partial charge in [0.15, 0.2) is 0 Å². The summed E-state index contributed by atoms with van der Waals surface area (Å²) in [7, 11) is 1.70. The quantitative estimate of drug-likeness (QED) is 0.572. The maximum Gasteiger partial charge on any atom is 0.123 e. The Kier molecular flexibility index (Phi) is 7.93. The van der Waals surface area contributed by atoms with Crippen LogP contribution in [0.5, 0.6) is 5.75 Å². The van der Waals surface area contributed by atoms with Crippen LogP contribution in [0.4, 0.5) is 4.39 Å². The fourth-order valence-electron chi connectivity index (χ4n) is 3.00. The molecular weight excluding hydrogens is 313 g/mol. The Morgan fingerprint density at radius 1 is 0.920 bits per heavy atom. The number of ether oxygens (including phenoxy) is 1. The van der Waals surface area contributed by atoms with Crippen LogP contribution in [0.3, 0.4) is 0 Å². The summed E-state index contributed by atoms with van der Waals surface area (Å²) in [5, 5.41) is 3.48. The smallest absolute Gasteiger partial charge is 0.123 e. The summed E-state index contributed by atoms with van der Waals surface area (Å²) in [6.07, 6.45) is 3.52. The van der Waals surface area contributed by atoms with Gasteiger partial charge < -0.3 is 10.1 Å². The van der Waals surface area contributed by atoms with E-state index in [2.05, 4.69) is 31.3 Å². The molecule has 1 N–H and O–H groups in total. The van der Waals surface area contributed by atoms with Crippen LogP contribution < -0.4 is 10.1 Å². The van der Waals surface area contributed by atoms with Crippen molar-refractivity contribution in [1.29, 1.82) is 0 Å². The SMILES string of the molecule is COc1ccc([C@H](CCNCc2ccc(F)cc2)CCC(C)C)cc1. The number of rotatable bonds is 10. The van der Waals surface area contributed by atoms with Gasteiger partial charge in [0.05, 0.1) is 7.11 Å². The monoisotopic (exact) mass is 343 g/mol. The third-order valence-electron chi connectivity index (χ3n) is 4.59. The summed E-state index contributed by atoms with van der Waals surface area (Å²) in [6, 6.07) is 15.2. The number of hydrogen-bond donors (Lipinski definition) is 1. The number of halogens is 1. The summed E-state index contributed by atoms with van der Waals surface area (Å²) >= 11 is 0. The molecule has 0 aliphatic carbocycles. The van der Waals surface area contributed by atoms with Crippen molar-refractivity contribution in [1.82, 2.24) is 5.32 Å². The molecule has 0 unspecified atom stereocenters. The lowest BCUT2D eigenvalue weighted by atomic mass is 9.88. The summed E-state index contributed by atoms with van der Waals surface area (Å²) in [6.45, 7) is 6.28. The summed E-state index contributed by atoms with van der Waals surface area (Å²) in [5.41, 5.74) is 2.50. The second-order valence-corrected chi connectivity index (χ2v) is 7.03. The van der Waals surface area contributed by atoms with Gasteiger partial charge in [0, 0.05) is 6.54 Å². The molecule has 3 heteroatoms. The Labute approximate surface area is 151 Å². The van der Waals surface area contributed by atoms with Crippen molar-refractivity contribution in [3.8, 4) is 5.75 Å². The van der Waals surface area contributed by atoms with Gasteiger partial charge in [0.1, 0.15) is 11.6 Å². The van der Waals surface area contributed by atoms with Crippen LogP contribution in [-0.4, -0.2) is 13.7 Å². The summed E-state index contributed by atoms with van der Waals surface area (Å²) in [5.74, 6) is 1.99. The zero-order chi connectivity index (χ0) is 18.1. The highest BCUT2D eigenvalue weighted by atomic mass is 19.1. The number of nitrogens with one attached hydrogen (secondary N) is 1. The molecule has 0 aliphatic rings. The molecule has 25 heavy (non-hydrogen) atoms. The van der Waals surface area contributed by atoms with E-state index in [4.69, 9.17) is 4.74 Å². The second-order valence-electron chi connectivity index (χ2n) is 7.03. The predicted molar refractivity (Wildman–Crippen MR) is 103 cm³/mol. The van der Waals surface area contributed by atoms with E-state index in [9.17, 15) is 4.39 Å². The largest absolute Gasteiger partial charge is 0.497 e. The van der Waals surface area contributed by atoms with Crippen LogP contribution in [0.15, 0.2) is 48.5 Å². The van der Waals surface area contributed by atoms with Crippen LogP contribution in [-0.2, 0) is 6.54 Å². The molecule has 0 radical (unpaired) electrons. The first-order valence-corrected chi connectivity index (χ1v) is 9.17. The lowest BCUT2D eigenvalue weighted by molar-refractivity contribution is 0.414. The Balaban J connectivity index is 1.87. The Hall–Kier alpha value is -1.87. The van der Waals surface area contributed by atoms with E-state index in [-0.39, 0.29) is 5.82 Å². The van der Waals surface area contributed by atoms with Crippen molar-refractivity contribution >= 4 is 0 Å². The first-order chi connectivity index (χ1) is 12.1. The van der Waals surface area contributed by atoms with Gasteiger partial charge in [-0.05, 0) is 66.6 Å². The molecule has 0 aromatic heterocycles. The molecule has 0 saturated heterocycles. The first kappa shape index (κ1) is 19.5. The highest BCUT2D eigenvalue weighted by Crippen LogP contribution is 2.28. The van der Waals surface area contributed by atoms with Crippen molar-refractivity contribution < 1.29 is 9.13 Å². The number of hydrogen-bond acceptors (Lipinski definition) is 2. The Morgan fingerprint density at radius 2 is 1.60 bits per heavy atom. The van der Waals surface area contributed by atoms with E-state index >= 15 is 0 Å². The fraction of sp³-hybridized carbons (Fsp3) is 0.455. The molecule has 136 valence electrons. The topological polar surface area (TPSA) is 21.3 Å². The third kappa shape index (κ3) is 6.87. The Bertz CT molecular complexity index is 607. The van der Waals surface area contributed by atoms with Gasteiger partial charge >= 0.3 is 0 Å². The standard InChI is InChI=1S/C22H30FNO/c1-17(2)4-7-20(19-8-12-22(25-3)13-9-19)14-15-24-16-18-5-10-21(23)11-6-18/h5-6,8-13,17,20,24H,4,7,14-16H2,1-3H3/t20-/m0/s1. The lowest BCUT2D eigenvalue weighted by Gasteiger charge is -2.19. The van der Waals surface area contributed by atoms with E-state index in [0.29, 0.717) is 11.8 Å². The maximum absolute atomic E-state index is 12.9. The second kappa shape index (κ2) is 10.2. The van der Waals surface area contributed by atoms with Crippen LogP contribution in [0, 0.1) is 11.7 Å². The van der Waals surface area contributed by atoms with Gasteiger partial charge in [-0.1, -0.05) is 44.5 Å². The average Bonchev–Trinajstić information content (AvgIpc) is 2.62. The van der Waals surface area contributed by atoms with Gasteiger partial charge in [-0.15, -0.1) is 0 Å². The molecule has 0 heterocycles. The molecule has 2 nitrogen and oxygen atoms in total. The lowest BCUT2D eigenvalue weighted by Crippen LogP contribution is -2.17. The molecule has 0 saturated carbocycles. The van der Waals surface area contributed by atoms with Crippen molar-refractivity contribution in [2.24, 2.45) is 5.92 Å². The highest BCUT2D eigenvalue weighted by molar-refractivity contribution is 5.29. The van der Waals surface area contributed by atoms with Gasteiger partial charge in [0.25, 0.3) is 0 Å². The van der Waals surface area contributed by atoms with Crippen LogP contribution in [0.25, 0.3) is 0 Å². The number of benzene rings is 2. The van der Waals surface area contributed by atoms with E-state index < -0.39 is 0 Å². The number of methoxy groups -OCH3 is 1. The van der Waals surface area contributed by atoms with E-state index in [1.807, 2.05) is 24.3 Å². The van der Waals surface area contributed by atoms with Gasteiger partial charge in [0.2, 0.25) is 0 Å². The van der Waals surface area contributed by atoms with Crippen molar-refractivity contribution in [2.45, 2.75) is 45.6 Å². The van der Waals surface area contributed by atoms with Crippen LogP contribution >= 0.6 is 0 Å². The van der Waals surface area contributed by atoms with Crippen LogP contribution in [0.1, 0.15) is 50.2 Å². The van der Waals surface area contributed by atoms with Gasteiger partial charge in [-0.3, -0.25) is 0 Å². The van der Waals surface area contributed by atoms with Gasteiger partial charge in [-0.2, -0.15) is 0 Å². The van der Waals surface area contributed by atoms with E-state index in [1.54, 1.807) is 7.11 Å². The molecule has 0 spiro atoms. The molecule has 2 aromatic rings. The Morgan fingerprint density at radius 3 is 2.20 bits per heavy atom. The summed E-state index contributed by atoms with van der Waals surface area (Å²) < 4.78 is 18.2. The van der Waals surface area contributed by atoms with Crippen molar-refractivity contribution in [3.63, 3.8) is 0 Å². The fourth-order valence-corrected chi connectivity index (χ4v) is 3.00. The minimum Gasteiger partial charge on any atom is -0.497 e. The van der Waals surface area contributed by atoms with Crippen molar-refractivity contribution in [2.75, 3.05) is 13.7 Å². The molecule has 0 aliphatic heterocycles. The minimum atomic E-state index is -0.183. The summed E-state index contributed by atoms with van der Waals surface area (Å²) in [4.78, 5) is 0. The first-order valence-electron chi connectivity index (χ1n) is 9.17. The normalized spacial score (nSPS) is 12.4. The predicted octanol–water partition coefficient (Wildman–Crippen LogP) is 5.53. The van der Waals surface area contributed by atoms with Gasteiger partial charge in [-0.25, -0.2) is 4.39 Å². The highest BCUT2D eigenvalue weighted by Gasteiger charge is 2.12. The van der Waals surface area contributed by atoms with E-state index in [1.165, 1.54) is 30.5 Å². The van der Waals surface area contributed by atoms with E-state index in [0.717, 1.165) is 30.8 Å². The minimum absolute atomic E-state index is 0.183. The third-order valence-corrected chi connectivity index (χ3v) is 4.59. The zero-order valence-electron chi connectivity index (χ0n) is 15.6. The van der Waals surface area contributed by atoms with Crippen molar-refractivity contribution in [3.05, 3.63) is 65.5 Å². The molecule has 0 bridgehead atoms. The molecule has 0 fully saturated rings. The molecule has 2 aromatic carbocycles. The van der Waals surface area contributed by atoms with Crippen LogP contribution in [0.2, 0.25) is 0 Å². The molecular formula is C22H30FNO.